The summed E-state index contributed by atoms with van der Waals surface area (Å²) in [5.41, 5.74) is 1.64. The SMILES string of the molecule is COCN(C(=O)c1ccc(F)c(OC)c1)c1ccc2ncc(Br)n2c1. The summed E-state index contributed by atoms with van der Waals surface area (Å²) in [5, 5.41) is 0. The fourth-order valence-electron chi connectivity index (χ4n) is 2.43. The molecule has 0 aliphatic carbocycles. The number of carbonyl (C=O) groups excluding carboxylic acids is 1. The number of imidazole rings is 1. The van der Waals surface area contributed by atoms with E-state index < -0.39 is 5.82 Å². The molecular formula is C17H15BrFN3O3. The first-order valence-corrected chi connectivity index (χ1v) is 8.11. The highest BCUT2D eigenvalue weighted by atomic mass is 79.9. The highest BCUT2D eigenvalue weighted by molar-refractivity contribution is 9.10. The van der Waals surface area contributed by atoms with E-state index in [1.54, 1.807) is 28.9 Å². The summed E-state index contributed by atoms with van der Waals surface area (Å²) < 4.78 is 26.3. The molecule has 6 nitrogen and oxygen atoms in total. The van der Waals surface area contributed by atoms with Crippen molar-refractivity contribution in [1.29, 1.82) is 0 Å². The van der Waals surface area contributed by atoms with Gasteiger partial charge in [-0.1, -0.05) is 0 Å². The van der Waals surface area contributed by atoms with E-state index in [0.29, 0.717) is 11.3 Å². The number of fused-ring (bicyclic) bond motifs is 1. The second-order valence-electron chi connectivity index (χ2n) is 5.20. The third kappa shape index (κ3) is 3.35. The van der Waals surface area contributed by atoms with Gasteiger partial charge >= 0.3 is 0 Å². The summed E-state index contributed by atoms with van der Waals surface area (Å²) >= 11 is 3.41. The molecule has 0 bridgehead atoms. The zero-order valence-corrected chi connectivity index (χ0v) is 15.2. The number of nitrogens with zero attached hydrogens (tertiary/aromatic N) is 3. The molecule has 1 amide bonds. The smallest absolute Gasteiger partial charge is 0.260 e. The number of ether oxygens (including phenoxy) is 2. The first-order chi connectivity index (χ1) is 12.0. The van der Waals surface area contributed by atoms with Gasteiger partial charge in [-0.05, 0) is 46.3 Å². The van der Waals surface area contributed by atoms with Crippen LogP contribution in [0.15, 0.2) is 47.3 Å². The van der Waals surface area contributed by atoms with E-state index in [9.17, 15) is 9.18 Å². The third-order valence-electron chi connectivity index (χ3n) is 3.66. The van der Waals surface area contributed by atoms with Crippen LogP contribution in [0, 0.1) is 5.82 Å². The number of benzene rings is 1. The molecule has 0 aliphatic rings. The van der Waals surface area contributed by atoms with Crippen LogP contribution in [0.5, 0.6) is 5.75 Å². The van der Waals surface area contributed by atoms with Crippen molar-refractivity contribution in [3.8, 4) is 5.75 Å². The van der Waals surface area contributed by atoms with Crippen LogP contribution in [0.2, 0.25) is 0 Å². The molecule has 0 saturated heterocycles. The lowest BCUT2D eigenvalue weighted by molar-refractivity contribution is 0.0936. The van der Waals surface area contributed by atoms with Crippen molar-refractivity contribution in [3.63, 3.8) is 0 Å². The predicted octanol–water partition coefficient (Wildman–Crippen LogP) is 3.50. The van der Waals surface area contributed by atoms with Crippen LogP contribution >= 0.6 is 15.9 Å². The molecule has 2 heterocycles. The molecule has 3 aromatic rings. The van der Waals surface area contributed by atoms with E-state index in [-0.39, 0.29) is 18.4 Å². The first-order valence-electron chi connectivity index (χ1n) is 7.32. The molecular weight excluding hydrogens is 393 g/mol. The Hall–Kier alpha value is -2.45. The predicted molar refractivity (Wildman–Crippen MR) is 94.5 cm³/mol. The quantitative estimate of drug-likeness (QED) is 0.607. The van der Waals surface area contributed by atoms with Gasteiger partial charge in [-0.3, -0.25) is 14.1 Å². The van der Waals surface area contributed by atoms with Crippen LogP contribution < -0.4 is 9.64 Å². The Kier molecular flexibility index (Phi) is 5.00. The van der Waals surface area contributed by atoms with Gasteiger partial charge in [-0.15, -0.1) is 0 Å². The minimum Gasteiger partial charge on any atom is -0.494 e. The number of amides is 1. The average molecular weight is 408 g/mol. The second-order valence-corrected chi connectivity index (χ2v) is 6.01. The summed E-state index contributed by atoms with van der Waals surface area (Å²) in [6.07, 6.45) is 3.44. The summed E-state index contributed by atoms with van der Waals surface area (Å²) in [7, 11) is 2.85. The lowest BCUT2D eigenvalue weighted by Gasteiger charge is -2.22. The topological polar surface area (TPSA) is 56.1 Å². The zero-order valence-electron chi connectivity index (χ0n) is 13.6. The molecule has 0 N–H and O–H groups in total. The van der Waals surface area contributed by atoms with E-state index in [1.165, 1.54) is 37.3 Å². The van der Waals surface area contributed by atoms with Gasteiger partial charge in [0.15, 0.2) is 11.6 Å². The standard InChI is InChI=1S/C17H15BrFN3O3/c1-24-10-22(12-4-6-16-20-8-15(18)21(16)9-12)17(23)11-3-5-13(19)14(7-11)25-2/h3-9H,10H2,1-2H3. The molecule has 0 fully saturated rings. The van der Waals surface area contributed by atoms with Gasteiger partial charge < -0.3 is 9.47 Å². The van der Waals surface area contributed by atoms with Crippen molar-refractivity contribution in [2.45, 2.75) is 0 Å². The van der Waals surface area contributed by atoms with Crippen molar-refractivity contribution in [3.05, 3.63) is 58.7 Å². The van der Waals surface area contributed by atoms with Crippen molar-refractivity contribution in [2.75, 3.05) is 25.9 Å². The van der Waals surface area contributed by atoms with Gasteiger partial charge in [0.25, 0.3) is 5.91 Å². The van der Waals surface area contributed by atoms with Gasteiger partial charge in [-0.25, -0.2) is 9.37 Å². The van der Waals surface area contributed by atoms with Gasteiger partial charge in [0.2, 0.25) is 0 Å². The fourth-order valence-corrected chi connectivity index (χ4v) is 2.81. The highest BCUT2D eigenvalue weighted by Crippen LogP contribution is 2.24. The number of pyridine rings is 1. The molecule has 0 atom stereocenters. The van der Waals surface area contributed by atoms with Crippen LogP contribution in [0.4, 0.5) is 10.1 Å². The molecule has 130 valence electrons. The number of halogens is 2. The fraction of sp³-hybridized carbons (Fsp3) is 0.176. The molecule has 0 unspecified atom stereocenters. The number of rotatable bonds is 5. The molecule has 0 aliphatic heterocycles. The maximum Gasteiger partial charge on any atom is 0.260 e. The van der Waals surface area contributed by atoms with Crippen molar-refractivity contribution >= 4 is 33.2 Å². The monoisotopic (exact) mass is 407 g/mol. The Balaban J connectivity index is 2.01. The largest absolute Gasteiger partial charge is 0.494 e. The van der Waals surface area contributed by atoms with Gasteiger partial charge in [0.1, 0.15) is 17.0 Å². The van der Waals surface area contributed by atoms with Crippen LogP contribution in [0.1, 0.15) is 10.4 Å². The third-order valence-corrected chi connectivity index (χ3v) is 4.24. The number of anilines is 1. The first kappa shape index (κ1) is 17.4. The number of hydrogen-bond donors (Lipinski definition) is 0. The molecule has 2 aromatic heterocycles. The Bertz CT molecular complexity index is 929. The van der Waals surface area contributed by atoms with E-state index >= 15 is 0 Å². The summed E-state index contributed by atoms with van der Waals surface area (Å²) in [6, 6.07) is 7.54. The number of aromatic nitrogens is 2. The van der Waals surface area contributed by atoms with E-state index in [4.69, 9.17) is 9.47 Å². The molecule has 8 heteroatoms. The van der Waals surface area contributed by atoms with Gasteiger partial charge in [0.05, 0.1) is 19.0 Å². The second kappa shape index (κ2) is 7.20. The summed E-state index contributed by atoms with van der Waals surface area (Å²) in [5.74, 6) is -0.854. The van der Waals surface area contributed by atoms with Gasteiger partial charge in [-0.2, -0.15) is 0 Å². The van der Waals surface area contributed by atoms with Crippen molar-refractivity contribution < 1.29 is 18.7 Å². The molecule has 0 saturated carbocycles. The maximum absolute atomic E-state index is 13.6. The summed E-state index contributed by atoms with van der Waals surface area (Å²) in [6.45, 7) is 0.0380. The molecule has 3 rings (SSSR count). The number of hydrogen-bond acceptors (Lipinski definition) is 4. The maximum atomic E-state index is 13.6. The Morgan fingerprint density at radius 1 is 1.32 bits per heavy atom. The minimum absolute atomic E-state index is 0.0102. The Labute approximate surface area is 151 Å². The Morgan fingerprint density at radius 3 is 2.84 bits per heavy atom. The van der Waals surface area contributed by atoms with Crippen molar-refractivity contribution in [2.24, 2.45) is 0 Å². The van der Waals surface area contributed by atoms with E-state index in [2.05, 4.69) is 20.9 Å². The van der Waals surface area contributed by atoms with E-state index in [1.807, 2.05) is 0 Å². The lowest BCUT2D eigenvalue weighted by atomic mass is 10.1. The Morgan fingerprint density at radius 2 is 2.12 bits per heavy atom. The highest BCUT2D eigenvalue weighted by Gasteiger charge is 2.20. The summed E-state index contributed by atoms with van der Waals surface area (Å²) in [4.78, 5) is 18.6. The lowest BCUT2D eigenvalue weighted by Crippen LogP contribution is -2.33. The van der Waals surface area contributed by atoms with Crippen LogP contribution in [0.3, 0.4) is 0 Å². The number of carbonyl (C=O) groups is 1. The number of methoxy groups -OCH3 is 2. The van der Waals surface area contributed by atoms with E-state index in [0.717, 1.165) is 10.3 Å². The van der Waals surface area contributed by atoms with Crippen LogP contribution in [0.25, 0.3) is 5.65 Å². The minimum atomic E-state index is -0.527. The molecule has 0 spiro atoms. The normalized spacial score (nSPS) is 10.9. The van der Waals surface area contributed by atoms with Gasteiger partial charge in [0, 0.05) is 18.9 Å². The molecule has 0 radical (unpaired) electrons. The van der Waals surface area contributed by atoms with Crippen LogP contribution in [-0.4, -0.2) is 36.2 Å². The van der Waals surface area contributed by atoms with Crippen molar-refractivity contribution in [1.82, 2.24) is 9.38 Å². The molecule has 25 heavy (non-hydrogen) atoms. The van der Waals surface area contributed by atoms with Crippen LogP contribution in [-0.2, 0) is 4.74 Å². The zero-order chi connectivity index (χ0) is 18.0. The average Bonchev–Trinajstić information content (AvgIpc) is 3.00. The molecule has 1 aromatic carbocycles.